The third-order valence-electron chi connectivity index (χ3n) is 2.95. The van der Waals surface area contributed by atoms with Crippen LogP contribution in [0.1, 0.15) is 25.6 Å². The summed E-state index contributed by atoms with van der Waals surface area (Å²) in [7, 11) is 2.21. The first kappa shape index (κ1) is 14.2. The fourth-order valence-corrected chi connectivity index (χ4v) is 3.62. The minimum atomic E-state index is 0.368. The van der Waals surface area contributed by atoms with E-state index in [4.69, 9.17) is 0 Å². The molecule has 0 aliphatic rings. The van der Waals surface area contributed by atoms with Gasteiger partial charge in [0, 0.05) is 23.3 Å². The quantitative estimate of drug-likeness (QED) is 0.736. The largest absolute Gasteiger partial charge is 0.301 e. The highest BCUT2D eigenvalue weighted by atomic mass is 79.9. The molecule has 0 aliphatic carbocycles. The second kappa shape index (κ2) is 6.18. The normalized spacial score (nSPS) is 14.4. The van der Waals surface area contributed by atoms with E-state index in [0.29, 0.717) is 11.3 Å². The molecule has 1 heterocycles. The van der Waals surface area contributed by atoms with Crippen LogP contribution in [-0.4, -0.2) is 23.8 Å². The van der Waals surface area contributed by atoms with Crippen LogP contribution in [0.2, 0.25) is 0 Å². The van der Waals surface area contributed by atoms with Gasteiger partial charge in [0.05, 0.1) is 0 Å². The van der Waals surface area contributed by atoms with Crippen LogP contribution < -0.4 is 0 Å². The molecule has 0 amide bonds. The van der Waals surface area contributed by atoms with Crippen molar-refractivity contribution in [3.8, 4) is 0 Å². The zero-order valence-corrected chi connectivity index (χ0v) is 13.1. The summed E-state index contributed by atoms with van der Waals surface area (Å²) in [5, 5.41) is 3.22. The topological polar surface area (TPSA) is 3.24 Å². The van der Waals surface area contributed by atoms with E-state index in [9.17, 15) is 0 Å². The molecule has 0 N–H and O–H groups in total. The fourth-order valence-electron chi connectivity index (χ4n) is 1.66. The zero-order valence-electron chi connectivity index (χ0n) is 10.7. The van der Waals surface area contributed by atoms with E-state index >= 15 is 0 Å². The highest BCUT2D eigenvalue weighted by Gasteiger charge is 2.24. The van der Waals surface area contributed by atoms with E-state index in [1.54, 1.807) is 0 Å². The Morgan fingerprint density at radius 1 is 1.44 bits per heavy atom. The molecule has 0 saturated heterocycles. The van der Waals surface area contributed by atoms with Gasteiger partial charge in [-0.05, 0) is 29.8 Å². The molecule has 16 heavy (non-hydrogen) atoms. The van der Waals surface area contributed by atoms with E-state index in [-0.39, 0.29) is 0 Å². The molecule has 1 aromatic heterocycles. The van der Waals surface area contributed by atoms with Crippen LogP contribution in [0.5, 0.6) is 0 Å². The predicted molar refractivity (Wildman–Crippen MR) is 77.4 cm³/mol. The van der Waals surface area contributed by atoms with Gasteiger partial charge in [-0.3, -0.25) is 0 Å². The Labute approximate surface area is 112 Å². The Balaban J connectivity index is 2.46. The number of alkyl halides is 1. The lowest BCUT2D eigenvalue weighted by atomic mass is 9.82. The highest BCUT2D eigenvalue weighted by Crippen LogP contribution is 2.28. The van der Waals surface area contributed by atoms with Gasteiger partial charge < -0.3 is 4.90 Å². The molecule has 0 spiro atoms. The van der Waals surface area contributed by atoms with Gasteiger partial charge in [0.15, 0.2) is 0 Å². The second-order valence-corrected chi connectivity index (χ2v) is 7.17. The molecule has 0 aliphatic heterocycles. The van der Waals surface area contributed by atoms with Gasteiger partial charge >= 0.3 is 0 Å². The Morgan fingerprint density at radius 2 is 2.12 bits per heavy atom. The van der Waals surface area contributed by atoms with Gasteiger partial charge in [0.25, 0.3) is 0 Å². The molecular weight excluding hydrogens is 282 g/mol. The molecule has 1 aromatic rings. The molecule has 0 aromatic carbocycles. The number of nitrogens with zero attached hydrogens (tertiary/aromatic N) is 1. The lowest BCUT2D eigenvalue weighted by Crippen LogP contribution is -2.33. The van der Waals surface area contributed by atoms with Crippen molar-refractivity contribution in [2.45, 2.75) is 27.3 Å². The predicted octanol–water partition coefficient (Wildman–Crippen LogP) is 4.24. The Bertz CT molecular complexity index is 289. The average Bonchev–Trinajstić information content (AvgIpc) is 2.64. The van der Waals surface area contributed by atoms with E-state index < -0.39 is 0 Å². The lowest BCUT2D eigenvalue weighted by molar-refractivity contribution is 0.184. The molecular formula is C13H22BrNS. The maximum atomic E-state index is 3.63. The van der Waals surface area contributed by atoms with Crippen molar-refractivity contribution in [1.29, 1.82) is 0 Å². The summed E-state index contributed by atoms with van der Waals surface area (Å²) < 4.78 is 0. The molecule has 92 valence electrons. The van der Waals surface area contributed by atoms with E-state index in [1.807, 2.05) is 11.3 Å². The fraction of sp³-hybridized carbons (Fsp3) is 0.692. The highest BCUT2D eigenvalue weighted by molar-refractivity contribution is 9.09. The Kier molecular flexibility index (Phi) is 5.48. The lowest BCUT2D eigenvalue weighted by Gasteiger charge is -2.32. The number of halogens is 1. The number of thiophene rings is 1. The van der Waals surface area contributed by atoms with Crippen molar-refractivity contribution in [1.82, 2.24) is 4.90 Å². The van der Waals surface area contributed by atoms with Crippen LogP contribution in [0.25, 0.3) is 0 Å². The van der Waals surface area contributed by atoms with E-state index in [0.717, 1.165) is 18.4 Å². The molecule has 1 atom stereocenters. The molecule has 0 bridgehead atoms. The molecule has 1 unspecified atom stereocenters. The summed E-state index contributed by atoms with van der Waals surface area (Å²) >= 11 is 5.47. The summed E-state index contributed by atoms with van der Waals surface area (Å²) in [4.78, 5) is 3.87. The van der Waals surface area contributed by atoms with Crippen molar-refractivity contribution in [3.63, 3.8) is 0 Å². The van der Waals surface area contributed by atoms with Gasteiger partial charge in [-0.1, -0.05) is 42.8 Å². The SMILES string of the molecule is CN(Cc1cccs1)CC(CBr)C(C)(C)C. The van der Waals surface area contributed by atoms with Crippen molar-refractivity contribution in [2.24, 2.45) is 11.3 Å². The average molecular weight is 304 g/mol. The van der Waals surface area contributed by atoms with Crippen molar-refractivity contribution < 1.29 is 0 Å². The van der Waals surface area contributed by atoms with Crippen molar-refractivity contribution >= 4 is 27.3 Å². The molecule has 0 fully saturated rings. The molecule has 1 rings (SSSR count). The monoisotopic (exact) mass is 303 g/mol. The minimum Gasteiger partial charge on any atom is -0.301 e. The van der Waals surface area contributed by atoms with Crippen LogP contribution in [0.3, 0.4) is 0 Å². The molecule has 0 radical (unpaired) electrons. The smallest absolute Gasteiger partial charge is 0.0324 e. The standard InChI is InChI=1S/C13H22BrNS/c1-13(2,3)11(8-14)9-15(4)10-12-6-5-7-16-12/h5-7,11H,8-10H2,1-4H3. The number of hydrogen-bond donors (Lipinski definition) is 0. The van der Waals surface area contributed by atoms with Gasteiger partial charge in [-0.15, -0.1) is 11.3 Å². The second-order valence-electron chi connectivity index (χ2n) is 5.49. The van der Waals surface area contributed by atoms with Crippen LogP contribution in [-0.2, 0) is 6.54 Å². The zero-order chi connectivity index (χ0) is 12.2. The van der Waals surface area contributed by atoms with Crippen molar-refractivity contribution in [2.75, 3.05) is 18.9 Å². The van der Waals surface area contributed by atoms with Crippen LogP contribution in [0, 0.1) is 11.3 Å². The van der Waals surface area contributed by atoms with Crippen LogP contribution >= 0.6 is 27.3 Å². The first-order valence-electron chi connectivity index (χ1n) is 5.70. The Hall–Kier alpha value is 0.140. The summed E-state index contributed by atoms with van der Waals surface area (Å²) in [5.74, 6) is 0.692. The first-order valence-corrected chi connectivity index (χ1v) is 7.70. The third-order valence-corrected chi connectivity index (χ3v) is 4.59. The van der Waals surface area contributed by atoms with Gasteiger partial charge in [0.1, 0.15) is 0 Å². The summed E-state index contributed by atoms with van der Waals surface area (Å²) in [6.07, 6.45) is 0. The van der Waals surface area contributed by atoms with Crippen LogP contribution in [0.4, 0.5) is 0 Å². The maximum Gasteiger partial charge on any atom is 0.0324 e. The van der Waals surface area contributed by atoms with Crippen molar-refractivity contribution in [3.05, 3.63) is 22.4 Å². The summed E-state index contributed by atoms with van der Waals surface area (Å²) in [6, 6.07) is 4.33. The van der Waals surface area contributed by atoms with Gasteiger partial charge in [-0.2, -0.15) is 0 Å². The molecule has 1 nitrogen and oxygen atoms in total. The summed E-state index contributed by atoms with van der Waals surface area (Å²) in [6.45, 7) is 9.16. The van der Waals surface area contributed by atoms with Gasteiger partial charge in [0.2, 0.25) is 0 Å². The molecule has 3 heteroatoms. The minimum absolute atomic E-state index is 0.368. The number of rotatable bonds is 5. The van der Waals surface area contributed by atoms with E-state index in [2.05, 4.69) is 66.2 Å². The molecule has 0 saturated carbocycles. The van der Waals surface area contributed by atoms with E-state index in [1.165, 1.54) is 4.88 Å². The maximum absolute atomic E-state index is 3.63. The number of hydrogen-bond acceptors (Lipinski definition) is 2. The van der Waals surface area contributed by atoms with Gasteiger partial charge in [-0.25, -0.2) is 0 Å². The third kappa shape index (κ3) is 4.56. The first-order chi connectivity index (χ1) is 7.43. The van der Waals surface area contributed by atoms with Crippen LogP contribution in [0.15, 0.2) is 17.5 Å². The summed E-state index contributed by atoms with van der Waals surface area (Å²) in [5.41, 5.74) is 0.368. The Morgan fingerprint density at radius 3 is 2.56 bits per heavy atom.